The zero-order valence-corrected chi connectivity index (χ0v) is 16.5. The fourth-order valence-corrected chi connectivity index (χ4v) is 4.78. The van der Waals surface area contributed by atoms with Crippen molar-refractivity contribution >= 4 is 22.2 Å². The number of pyridine rings is 1. The number of aromatic nitrogens is 2. The van der Waals surface area contributed by atoms with Gasteiger partial charge in [0.1, 0.15) is 5.65 Å². The van der Waals surface area contributed by atoms with Crippen molar-refractivity contribution in [2.24, 2.45) is 0 Å². The predicted molar refractivity (Wildman–Crippen MR) is 121 cm³/mol. The van der Waals surface area contributed by atoms with Gasteiger partial charge in [-0.3, -0.25) is 9.20 Å². The highest BCUT2D eigenvalue weighted by atomic mass is 16.1. The maximum atomic E-state index is 13.0. The Labute approximate surface area is 174 Å². The van der Waals surface area contributed by atoms with E-state index >= 15 is 0 Å². The first-order chi connectivity index (χ1) is 14.8. The second kappa shape index (κ2) is 6.67. The number of carbonyl (C=O) groups is 1. The smallest absolute Gasteiger partial charge is 0.165 e. The minimum absolute atomic E-state index is 0.239. The van der Waals surface area contributed by atoms with Crippen LogP contribution in [0.2, 0.25) is 0 Å². The van der Waals surface area contributed by atoms with Gasteiger partial charge in [0, 0.05) is 34.2 Å². The van der Waals surface area contributed by atoms with E-state index in [4.69, 9.17) is 4.98 Å². The minimum atomic E-state index is 0.239. The van der Waals surface area contributed by atoms with E-state index in [9.17, 15) is 4.79 Å². The minimum Gasteiger partial charge on any atom is -0.295 e. The van der Waals surface area contributed by atoms with Gasteiger partial charge in [-0.15, -0.1) is 0 Å². The Morgan fingerprint density at radius 2 is 1.33 bits per heavy atom. The lowest BCUT2D eigenvalue weighted by molar-refractivity contribution is 0.0973. The summed E-state index contributed by atoms with van der Waals surface area (Å²) in [7, 11) is 0. The number of benzene rings is 3. The molecule has 6 rings (SSSR count). The number of carbonyl (C=O) groups excluding carboxylic acids is 1. The summed E-state index contributed by atoms with van der Waals surface area (Å²) < 4.78 is 2.26. The van der Waals surface area contributed by atoms with Crippen molar-refractivity contribution in [1.29, 1.82) is 0 Å². The molecule has 0 atom stereocenters. The summed E-state index contributed by atoms with van der Waals surface area (Å²) in [5.41, 5.74) is 7.11. The van der Waals surface area contributed by atoms with Crippen molar-refractivity contribution in [3.05, 3.63) is 96.2 Å². The molecular weight excluding hydrogens is 368 g/mol. The Balaban J connectivity index is 1.85. The number of hydrogen-bond donors (Lipinski definition) is 0. The number of ketones is 1. The Bertz CT molecular complexity index is 1420. The Morgan fingerprint density at radius 3 is 2.07 bits per heavy atom. The topological polar surface area (TPSA) is 34.4 Å². The average Bonchev–Trinajstić information content (AvgIpc) is 3.21. The van der Waals surface area contributed by atoms with E-state index in [-0.39, 0.29) is 5.78 Å². The SMILES string of the molecule is O=C1CCCc2c1c1ccccc1c1nc(-c3ccccc3)c(-c3ccccc3)n21. The van der Waals surface area contributed by atoms with Crippen molar-refractivity contribution in [2.45, 2.75) is 19.3 Å². The van der Waals surface area contributed by atoms with Crippen LogP contribution in [0.1, 0.15) is 28.9 Å². The van der Waals surface area contributed by atoms with Crippen LogP contribution in [-0.4, -0.2) is 15.2 Å². The van der Waals surface area contributed by atoms with Gasteiger partial charge in [0.05, 0.1) is 11.4 Å². The van der Waals surface area contributed by atoms with Crippen LogP contribution in [-0.2, 0) is 6.42 Å². The van der Waals surface area contributed by atoms with E-state index in [1.807, 2.05) is 36.4 Å². The molecule has 0 aliphatic heterocycles. The van der Waals surface area contributed by atoms with E-state index in [1.54, 1.807) is 0 Å². The van der Waals surface area contributed by atoms with E-state index in [1.165, 1.54) is 0 Å². The number of fused-ring (bicyclic) bond motifs is 6. The van der Waals surface area contributed by atoms with Crippen molar-refractivity contribution in [2.75, 3.05) is 0 Å². The van der Waals surface area contributed by atoms with Crippen LogP contribution in [0.3, 0.4) is 0 Å². The zero-order valence-electron chi connectivity index (χ0n) is 16.5. The van der Waals surface area contributed by atoms with Crippen molar-refractivity contribution in [1.82, 2.24) is 9.38 Å². The first kappa shape index (κ1) is 17.2. The average molecular weight is 388 g/mol. The van der Waals surface area contributed by atoms with E-state index in [0.29, 0.717) is 6.42 Å². The first-order valence-corrected chi connectivity index (χ1v) is 10.4. The van der Waals surface area contributed by atoms with E-state index in [2.05, 4.69) is 52.9 Å². The fourth-order valence-electron chi connectivity index (χ4n) is 4.78. The normalized spacial score (nSPS) is 13.7. The van der Waals surface area contributed by atoms with Crippen LogP contribution >= 0.6 is 0 Å². The lowest BCUT2D eigenvalue weighted by atomic mass is 9.90. The summed E-state index contributed by atoms with van der Waals surface area (Å²) in [6.45, 7) is 0. The van der Waals surface area contributed by atoms with Crippen molar-refractivity contribution in [3.8, 4) is 22.5 Å². The molecule has 0 saturated carbocycles. The third-order valence-electron chi connectivity index (χ3n) is 6.06. The van der Waals surface area contributed by atoms with Gasteiger partial charge in [-0.05, 0) is 18.2 Å². The molecule has 30 heavy (non-hydrogen) atoms. The number of hydrogen-bond acceptors (Lipinski definition) is 2. The molecule has 0 bridgehead atoms. The maximum absolute atomic E-state index is 13.0. The van der Waals surface area contributed by atoms with Crippen LogP contribution in [0.4, 0.5) is 0 Å². The molecule has 0 unspecified atom stereocenters. The van der Waals surface area contributed by atoms with Gasteiger partial charge in [0.2, 0.25) is 0 Å². The van der Waals surface area contributed by atoms with Gasteiger partial charge in [-0.2, -0.15) is 0 Å². The van der Waals surface area contributed by atoms with Crippen molar-refractivity contribution in [3.63, 3.8) is 0 Å². The lowest BCUT2D eigenvalue weighted by Crippen LogP contribution is -2.16. The molecule has 0 radical (unpaired) electrons. The van der Waals surface area contributed by atoms with Gasteiger partial charge < -0.3 is 0 Å². The van der Waals surface area contributed by atoms with Crippen LogP contribution in [0.5, 0.6) is 0 Å². The molecule has 3 nitrogen and oxygen atoms in total. The molecular formula is C27H20N2O. The number of Topliss-reactive ketones (excluding diaryl/α,β-unsaturated/α-hetero) is 1. The molecule has 0 amide bonds. The van der Waals surface area contributed by atoms with E-state index < -0.39 is 0 Å². The van der Waals surface area contributed by atoms with Gasteiger partial charge in [0.25, 0.3) is 0 Å². The molecule has 0 N–H and O–H groups in total. The maximum Gasteiger partial charge on any atom is 0.165 e. The molecule has 3 aromatic carbocycles. The molecule has 0 fully saturated rings. The summed E-state index contributed by atoms with van der Waals surface area (Å²) in [5.74, 6) is 0.239. The third kappa shape index (κ3) is 2.45. The van der Waals surface area contributed by atoms with Crippen LogP contribution < -0.4 is 0 Å². The monoisotopic (exact) mass is 388 g/mol. The number of rotatable bonds is 2. The summed E-state index contributed by atoms with van der Waals surface area (Å²) >= 11 is 0. The number of nitrogens with zero attached hydrogens (tertiary/aromatic N) is 2. The molecule has 2 aromatic heterocycles. The molecule has 1 aliphatic rings. The lowest BCUT2D eigenvalue weighted by Gasteiger charge is -2.21. The molecule has 2 heterocycles. The quantitative estimate of drug-likeness (QED) is 0.354. The predicted octanol–water partition coefficient (Wildman–Crippen LogP) is 6.34. The summed E-state index contributed by atoms with van der Waals surface area (Å²) in [5, 5.41) is 2.06. The van der Waals surface area contributed by atoms with Crippen LogP contribution in [0.25, 0.3) is 38.9 Å². The molecule has 3 heteroatoms. The highest BCUT2D eigenvalue weighted by molar-refractivity contribution is 6.13. The second-order valence-electron chi connectivity index (χ2n) is 7.84. The van der Waals surface area contributed by atoms with Gasteiger partial charge >= 0.3 is 0 Å². The van der Waals surface area contributed by atoms with Crippen molar-refractivity contribution < 1.29 is 4.79 Å². The summed E-state index contributed by atoms with van der Waals surface area (Å²) in [6, 6.07) is 28.9. The van der Waals surface area contributed by atoms with Crippen LogP contribution in [0.15, 0.2) is 84.9 Å². The second-order valence-corrected chi connectivity index (χ2v) is 7.84. The van der Waals surface area contributed by atoms with E-state index in [0.717, 1.165) is 63.0 Å². The Kier molecular flexibility index (Phi) is 3.81. The first-order valence-electron chi connectivity index (χ1n) is 10.4. The number of aryl methyl sites for hydroxylation is 1. The van der Waals surface area contributed by atoms with Gasteiger partial charge in [-0.1, -0.05) is 84.9 Å². The Hall–Kier alpha value is -3.72. The highest BCUT2D eigenvalue weighted by Crippen LogP contribution is 2.39. The van der Waals surface area contributed by atoms with Gasteiger partial charge in [-0.25, -0.2) is 4.98 Å². The molecule has 0 saturated heterocycles. The Morgan fingerprint density at radius 1 is 0.700 bits per heavy atom. The zero-order chi connectivity index (χ0) is 20.1. The summed E-state index contributed by atoms with van der Waals surface area (Å²) in [4.78, 5) is 18.2. The molecule has 0 spiro atoms. The molecule has 5 aromatic rings. The standard InChI is InChI=1S/C27H20N2O/c30-23-17-9-16-22-24(23)20-14-7-8-15-21(20)27-28-25(18-10-3-1-4-11-18)26(29(22)27)19-12-5-2-6-13-19/h1-8,10-15H,9,16-17H2. The van der Waals surface area contributed by atoms with Crippen LogP contribution in [0, 0.1) is 0 Å². The number of imidazole rings is 1. The molecule has 144 valence electrons. The highest BCUT2D eigenvalue weighted by Gasteiger charge is 2.27. The van der Waals surface area contributed by atoms with Gasteiger partial charge in [0.15, 0.2) is 5.78 Å². The third-order valence-corrected chi connectivity index (χ3v) is 6.06. The largest absolute Gasteiger partial charge is 0.295 e. The molecule has 1 aliphatic carbocycles. The summed E-state index contributed by atoms with van der Waals surface area (Å²) in [6.07, 6.45) is 2.38. The fraction of sp³-hybridized carbons (Fsp3) is 0.111.